The number of para-hydroxylation sites is 1. The van der Waals surface area contributed by atoms with Crippen LogP contribution in [0.4, 0.5) is 18.9 Å². The summed E-state index contributed by atoms with van der Waals surface area (Å²) in [5.74, 6) is -1.40. The van der Waals surface area contributed by atoms with Crippen LogP contribution in [-0.4, -0.2) is 11.7 Å². The summed E-state index contributed by atoms with van der Waals surface area (Å²) in [6.07, 6.45) is -3.43. The Labute approximate surface area is 116 Å². The summed E-state index contributed by atoms with van der Waals surface area (Å²) >= 11 is 0. The van der Waals surface area contributed by atoms with Crippen LogP contribution in [0, 0.1) is 24.2 Å². The molecule has 1 aromatic rings. The van der Waals surface area contributed by atoms with E-state index in [-0.39, 0.29) is 12.8 Å². The van der Waals surface area contributed by atoms with Crippen LogP contribution >= 0.6 is 0 Å². The standard InChI is InChI=1S/C15H17F3N2/c1-11-5-2-3-7-13(11)20-14(10-19)8-4-6-12(9-14)15(16,17)18/h2-3,5,7,12,20H,4,6,8-9H2,1H3. The topological polar surface area (TPSA) is 35.8 Å². The van der Waals surface area contributed by atoms with E-state index in [4.69, 9.17) is 0 Å². The number of aryl methyl sites for hydroxylation is 1. The lowest BCUT2D eigenvalue weighted by Crippen LogP contribution is -2.45. The summed E-state index contributed by atoms with van der Waals surface area (Å²) in [5.41, 5.74) is 0.540. The molecule has 2 unspecified atom stereocenters. The molecule has 1 N–H and O–H groups in total. The van der Waals surface area contributed by atoms with Gasteiger partial charge in [0.05, 0.1) is 12.0 Å². The molecule has 1 aliphatic rings. The number of hydrogen-bond donors (Lipinski definition) is 1. The number of hydrogen-bond acceptors (Lipinski definition) is 2. The van der Waals surface area contributed by atoms with Crippen LogP contribution < -0.4 is 5.32 Å². The van der Waals surface area contributed by atoms with Gasteiger partial charge in [-0.15, -0.1) is 0 Å². The molecule has 5 heteroatoms. The van der Waals surface area contributed by atoms with Crippen molar-refractivity contribution in [1.82, 2.24) is 0 Å². The lowest BCUT2D eigenvalue weighted by Gasteiger charge is -2.38. The molecule has 1 aromatic carbocycles. The second-order valence-corrected chi connectivity index (χ2v) is 5.47. The molecule has 20 heavy (non-hydrogen) atoms. The summed E-state index contributed by atoms with van der Waals surface area (Å²) in [7, 11) is 0. The Morgan fingerprint density at radius 1 is 1.35 bits per heavy atom. The minimum absolute atomic E-state index is 0.113. The van der Waals surface area contributed by atoms with Crippen molar-refractivity contribution in [3.05, 3.63) is 29.8 Å². The van der Waals surface area contributed by atoms with Gasteiger partial charge in [-0.25, -0.2) is 0 Å². The Kier molecular flexibility index (Phi) is 3.94. The van der Waals surface area contributed by atoms with E-state index >= 15 is 0 Å². The van der Waals surface area contributed by atoms with Gasteiger partial charge in [-0.05, 0) is 44.2 Å². The van der Waals surface area contributed by atoms with Crippen LogP contribution in [0.5, 0.6) is 0 Å². The lowest BCUT2D eigenvalue weighted by atomic mass is 9.76. The van der Waals surface area contributed by atoms with Gasteiger partial charge in [0.2, 0.25) is 0 Å². The molecule has 2 atom stereocenters. The number of alkyl halides is 3. The third-order valence-corrected chi connectivity index (χ3v) is 3.95. The summed E-state index contributed by atoms with van der Waals surface area (Å²) in [5, 5.41) is 12.5. The predicted octanol–water partition coefficient (Wildman–Crippen LogP) is 4.42. The van der Waals surface area contributed by atoms with Gasteiger partial charge in [0.25, 0.3) is 0 Å². The fourth-order valence-electron chi connectivity index (χ4n) is 2.77. The normalized spacial score (nSPS) is 26.9. The number of nitriles is 1. The molecule has 0 saturated heterocycles. The Bertz CT molecular complexity index is 519. The van der Waals surface area contributed by atoms with E-state index in [1.807, 2.05) is 25.1 Å². The number of rotatable bonds is 2. The highest BCUT2D eigenvalue weighted by molar-refractivity contribution is 5.53. The highest BCUT2D eigenvalue weighted by Crippen LogP contribution is 2.43. The van der Waals surface area contributed by atoms with Gasteiger partial charge in [-0.1, -0.05) is 18.2 Å². The van der Waals surface area contributed by atoms with E-state index in [1.165, 1.54) is 0 Å². The van der Waals surface area contributed by atoms with Gasteiger partial charge in [0.1, 0.15) is 5.54 Å². The minimum Gasteiger partial charge on any atom is -0.367 e. The van der Waals surface area contributed by atoms with Crippen molar-refractivity contribution in [3.63, 3.8) is 0 Å². The van der Waals surface area contributed by atoms with Gasteiger partial charge in [-0.3, -0.25) is 0 Å². The van der Waals surface area contributed by atoms with E-state index < -0.39 is 17.6 Å². The van der Waals surface area contributed by atoms with Crippen molar-refractivity contribution in [3.8, 4) is 6.07 Å². The number of nitrogens with one attached hydrogen (secondary N) is 1. The van der Waals surface area contributed by atoms with Crippen LogP contribution in [-0.2, 0) is 0 Å². The fourth-order valence-corrected chi connectivity index (χ4v) is 2.77. The van der Waals surface area contributed by atoms with Gasteiger partial charge >= 0.3 is 6.18 Å². The van der Waals surface area contributed by atoms with E-state index in [2.05, 4.69) is 11.4 Å². The third kappa shape index (κ3) is 3.06. The second kappa shape index (κ2) is 5.35. The van der Waals surface area contributed by atoms with Crippen LogP contribution in [0.3, 0.4) is 0 Å². The number of benzene rings is 1. The first-order chi connectivity index (χ1) is 9.36. The molecular weight excluding hydrogens is 265 g/mol. The summed E-state index contributed by atoms with van der Waals surface area (Å²) < 4.78 is 38.7. The predicted molar refractivity (Wildman–Crippen MR) is 71.2 cm³/mol. The van der Waals surface area contributed by atoms with Crippen molar-refractivity contribution in [2.24, 2.45) is 5.92 Å². The minimum atomic E-state index is -4.23. The van der Waals surface area contributed by atoms with Gasteiger partial charge in [-0.2, -0.15) is 18.4 Å². The fraction of sp³-hybridized carbons (Fsp3) is 0.533. The summed E-state index contributed by atoms with van der Waals surface area (Å²) in [6.45, 7) is 1.87. The molecule has 0 aliphatic heterocycles. The van der Waals surface area contributed by atoms with E-state index in [1.54, 1.807) is 6.07 Å². The highest BCUT2D eigenvalue weighted by atomic mass is 19.4. The average molecular weight is 282 g/mol. The van der Waals surface area contributed by atoms with E-state index in [0.29, 0.717) is 12.8 Å². The molecule has 1 fully saturated rings. The summed E-state index contributed by atoms with van der Waals surface area (Å²) in [6, 6.07) is 9.42. The molecule has 0 bridgehead atoms. The first-order valence-electron chi connectivity index (χ1n) is 6.68. The van der Waals surface area contributed by atoms with Gasteiger partial charge in [0.15, 0.2) is 0 Å². The SMILES string of the molecule is Cc1ccccc1NC1(C#N)CCCC(C(F)(F)F)C1. The lowest BCUT2D eigenvalue weighted by molar-refractivity contribution is -0.184. The van der Waals surface area contributed by atoms with Crippen LogP contribution in [0.15, 0.2) is 24.3 Å². The van der Waals surface area contributed by atoms with Gasteiger partial charge < -0.3 is 5.32 Å². The zero-order chi connectivity index (χ0) is 14.8. The maximum absolute atomic E-state index is 12.9. The molecule has 2 rings (SSSR count). The molecule has 0 amide bonds. The number of nitrogens with zero attached hydrogens (tertiary/aromatic N) is 1. The van der Waals surface area contributed by atoms with Crippen LogP contribution in [0.25, 0.3) is 0 Å². The third-order valence-electron chi connectivity index (χ3n) is 3.95. The molecule has 108 valence electrons. The van der Waals surface area contributed by atoms with Gasteiger partial charge in [0, 0.05) is 5.69 Å². The van der Waals surface area contributed by atoms with Crippen molar-refractivity contribution in [2.75, 3.05) is 5.32 Å². The Morgan fingerprint density at radius 2 is 2.05 bits per heavy atom. The van der Waals surface area contributed by atoms with E-state index in [9.17, 15) is 18.4 Å². The van der Waals surface area contributed by atoms with Crippen molar-refractivity contribution in [2.45, 2.75) is 44.3 Å². The molecule has 0 aromatic heterocycles. The molecule has 0 heterocycles. The molecule has 1 saturated carbocycles. The highest BCUT2D eigenvalue weighted by Gasteiger charge is 2.48. The molecular formula is C15H17F3N2. The van der Waals surface area contributed by atoms with E-state index in [0.717, 1.165) is 11.3 Å². The smallest absolute Gasteiger partial charge is 0.367 e. The monoisotopic (exact) mass is 282 g/mol. The van der Waals surface area contributed by atoms with Crippen LogP contribution in [0.2, 0.25) is 0 Å². The summed E-state index contributed by atoms with van der Waals surface area (Å²) in [4.78, 5) is 0. The Hall–Kier alpha value is -1.70. The maximum atomic E-state index is 12.9. The average Bonchev–Trinajstić information content (AvgIpc) is 2.41. The van der Waals surface area contributed by atoms with Crippen LogP contribution in [0.1, 0.15) is 31.2 Å². The zero-order valence-corrected chi connectivity index (χ0v) is 11.3. The molecule has 0 radical (unpaired) electrons. The Morgan fingerprint density at radius 3 is 2.65 bits per heavy atom. The Balaban J connectivity index is 2.22. The zero-order valence-electron chi connectivity index (χ0n) is 11.3. The first kappa shape index (κ1) is 14.7. The number of halogens is 3. The van der Waals surface area contributed by atoms with Crippen molar-refractivity contribution < 1.29 is 13.2 Å². The largest absolute Gasteiger partial charge is 0.391 e. The maximum Gasteiger partial charge on any atom is 0.391 e. The molecule has 1 aliphatic carbocycles. The number of anilines is 1. The first-order valence-corrected chi connectivity index (χ1v) is 6.68. The molecule has 0 spiro atoms. The van der Waals surface area contributed by atoms with Crippen molar-refractivity contribution >= 4 is 5.69 Å². The van der Waals surface area contributed by atoms with Crippen molar-refractivity contribution in [1.29, 1.82) is 5.26 Å². The quantitative estimate of drug-likeness (QED) is 0.871. The molecule has 2 nitrogen and oxygen atoms in total. The second-order valence-electron chi connectivity index (χ2n) is 5.47.